The predicted molar refractivity (Wildman–Crippen MR) is 116 cm³/mol. The van der Waals surface area contributed by atoms with Gasteiger partial charge in [-0.1, -0.05) is 12.1 Å². The molecule has 6 nitrogen and oxygen atoms in total. The zero-order valence-electron chi connectivity index (χ0n) is 16.8. The topological polar surface area (TPSA) is 57.2 Å². The van der Waals surface area contributed by atoms with Crippen molar-refractivity contribution in [2.45, 2.75) is 20.0 Å². The van der Waals surface area contributed by atoms with Gasteiger partial charge in [-0.05, 0) is 42.1 Å². The number of benzene rings is 2. The van der Waals surface area contributed by atoms with Gasteiger partial charge in [0.15, 0.2) is 17.3 Å². The van der Waals surface area contributed by atoms with E-state index in [2.05, 4.69) is 4.90 Å². The number of carbonyl (C=O) groups is 1. The van der Waals surface area contributed by atoms with Gasteiger partial charge in [0.2, 0.25) is 12.6 Å². The van der Waals surface area contributed by atoms with E-state index >= 15 is 0 Å². The normalized spacial score (nSPS) is 18.0. The molecule has 156 valence electrons. The molecule has 0 amide bonds. The highest BCUT2D eigenvalue weighted by atomic mass is 32.1. The van der Waals surface area contributed by atoms with Crippen molar-refractivity contribution in [2.75, 3.05) is 13.5 Å². The summed E-state index contributed by atoms with van der Waals surface area (Å²) in [6.45, 7) is 4.08. The maximum absolute atomic E-state index is 13.0. The van der Waals surface area contributed by atoms with E-state index in [0.29, 0.717) is 36.9 Å². The number of hydrogen-bond acceptors (Lipinski definition) is 7. The summed E-state index contributed by atoms with van der Waals surface area (Å²) in [7, 11) is 0. The second kappa shape index (κ2) is 7.14. The number of rotatable bonds is 3. The van der Waals surface area contributed by atoms with Crippen molar-refractivity contribution in [3.05, 3.63) is 74.7 Å². The highest BCUT2D eigenvalue weighted by Gasteiger charge is 2.33. The summed E-state index contributed by atoms with van der Waals surface area (Å²) in [5.41, 5.74) is 3.60. The third-order valence-corrected chi connectivity index (χ3v) is 6.48. The van der Waals surface area contributed by atoms with Gasteiger partial charge in [0.25, 0.3) is 0 Å². The molecular weight excluding hydrogens is 414 g/mol. The lowest BCUT2D eigenvalue weighted by atomic mass is 10.00. The number of ether oxygens (including phenoxy) is 4. The van der Waals surface area contributed by atoms with Crippen LogP contribution < -0.4 is 18.9 Å². The van der Waals surface area contributed by atoms with Gasteiger partial charge < -0.3 is 18.9 Å². The van der Waals surface area contributed by atoms with Gasteiger partial charge in [-0.3, -0.25) is 9.69 Å². The van der Waals surface area contributed by atoms with Crippen molar-refractivity contribution in [3.8, 4) is 23.0 Å². The van der Waals surface area contributed by atoms with Crippen molar-refractivity contribution >= 4 is 23.2 Å². The SMILES string of the molecule is Cc1c2c(cc3c1O/C(=C\c1cccs1)C3=O)CN(Cc1ccc3c(c1)OCO3)CO2. The van der Waals surface area contributed by atoms with E-state index in [1.807, 2.05) is 48.7 Å². The van der Waals surface area contributed by atoms with Gasteiger partial charge in [0, 0.05) is 35.2 Å². The van der Waals surface area contributed by atoms with E-state index in [4.69, 9.17) is 18.9 Å². The second-order valence-electron chi connectivity index (χ2n) is 7.77. The Balaban J connectivity index is 1.26. The maximum Gasteiger partial charge on any atom is 0.232 e. The van der Waals surface area contributed by atoms with Crippen LogP contribution in [0.25, 0.3) is 6.08 Å². The van der Waals surface area contributed by atoms with E-state index in [-0.39, 0.29) is 12.6 Å². The molecule has 3 aliphatic heterocycles. The first-order valence-corrected chi connectivity index (χ1v) is 10.9. The number of hydrogen-bond donors (Lipinski definition) is 0. The number of carbonyl (C=O) groups excluding carboxylic acids is 1. The van der Waals surface area contributed by atoms with Crippen LogP contribution in [-0.4, -0.2) is 24.2 Å². The van der Waals surface area contributed by atoms with Crippen LogP contribution in [0.3, 0.4) is 0 Å². The molecule has 0 radical (unpaired) electrons. The summed E-state index contributed by atoms with van der Waals surface area (Å²) in [6, 6.07) is 11.8. The van der Waals surface area contributed by atoms with Crippen LogP contribution in [0.4, 0.5) is 0 Å². The van der Waals surface area contributed by atoms with Crippen LogP contribution in [-0.2, 0) is 13.1 Å². The van der Waals surface area contributed by atoms with Crippen molar-refractivity contribution < 1.29 is 23.7 Å². The van der Waals surface area contributed by atoms with E-state index in [1.54, 1.807) is 17.4 Å². The Hall–Kier alpha value is -3.29. The van der Waals surface area contributed by atoms with Crippen LogP contribution in [0, 0.1) is 6.92 Å². The zero-order valence-corrected chi connectivity index (χ0v) is 17.7. The minimum Gasteiger partial charge on any atom is -0.477 e. The average molecular weight is 433 g/mol. The lowest BCUT2D eigenvalue weighted by molar-refractivity contribution is 0.0876. The molecule has 0 unspecified atom stereocenters. The number of thiophene rings is 1. The lowest BCUT2D eigenvalue weighted by Gasteiger charge is -2.30. The smallest absolute Gasteiger partial charge is 0.232 e. The van der Waals surface area contributed by atoms with Gasteiger partial charge in [0.1, 0.15) is 18.2 Å². The van der Waals surface area contributed by atoms with Crippen molar-refractivity contribution in [3.63, 3.8) is 0 Å². The largest absolute Gasteiger partial charge is 0.477 e. The molecule has 31 heavy (non-hydrogen) atoms. The van der Waals surface area contributed by atoms with Crippen LogP contribution in [0.15, 0.2) is 47.5 Å². The molecule has 1 aromatic heterocycles. The fourth-order valence-electron chi connectivity index (χ4n) is 4.20. The molecule has 2 aromatic carbocycles. The number of nitrogens with zero attached hydrogens (tertiary/aromatic N) is 1. The van der Waals surface area contributed by atoms with Gasteiger partial charge in [0.05, 0.1) is 5.56 Å². The molecule has 0 saturated heterocycles. The molecular formula is C24H19NO5S. The molecule has 0 aliphatic carbocycles. The molecule has 0 fully saturated rings. The van der Waals surface area contributed by atoms with Gasteiger partial charge in [-0.25, -0.2) is 0 Å². The number of Topliss-reactive ketones (excluding diaryl/α,β-unsaturated/α-hetero) is 1. The van der Waals surface area contributed by atoms with E-state index in [9.17, 15) is 4.79 Å². The third-order valence-electron chi connectivity index (χ3n) is 5.66. The molecule has 6 rings (SSSR count). The monoisotopic (exact) mass is 433 g/mol. The minimum absolute atomic E-state index is 0.0813. The van der Waals surface area contributed by atoms with Crippen molar-refractivity contribution in [1.82, 2.24) is 4.90 Å². The Morgan fingerprint density at radius 3 is 2.87 bits per heavy atom. The van der Waals surface area contributed by atoms with Crippen LogP contribution in [0.5, 0.6) is 23.0 Å². The fourth-order valence-corrected chi connectivity index (χ4v) is 4.84. The lowest BCUT2D eigenvalue weighted by Crippen LogP contribution is -2.32. The molecule has 0 bridgehead atoms. The summed E-state index contributed by atoms with van der Waals surface area (Å²) in [6.07, 6.45) is 1.80. The quantitative estimate of drug-likeness (QED) is 0.556. The highest BCUT2D eigenvalue weighted by Crippen LogP contribution is 2.43. The number of allylic oxidation sites excluding steroid dienone is 1. The third kappa shape index (κ3) is 3.17. The van der Waals surface area contributed by atoms with Crippen molar-refractivity contribution in [2.24, 2.45) is 0 Å². The molecule has 0 N–H and O–H groups in total. The molecule has 0 atom stereocenters. The first-order valence-electron chi connectivity index (χ1n) is 10.0. The van der Waals surface area contributed by atoms with Crippen molar-refractivity contribution in [1.29, 1.82) is 0 Å². The first kappa shape index (κ1) is 18.5. The molecule has 0 spiro atoms. The number of fused-ring (bicyclic) bond motifs is 3. The summed E-state index contributed by atoms with van der Waals surface area (Å²) >= 11 is 1.57. The standard InChI is InChI=1S/C24H19NO5S/c1-14-23-16(8-18-22(26)21(30-24(14)18)9-17-3-2-6-31-17)11-25(12-27-23)10-15-4-5-19-20(7-15)29-13-28-19/h2-9H,10-13H2,1H3/b21-9-. The van der Waals surface area contributed by atoms with Gasteiger partial charge in [-0.2, -0.15) is 0 Å². The van der Waals surface area contributed by atoms with Crippen LogP contribution in [0.1, 0.15) is 31.9 Å². The summed E-state index contributed by atoms with van der Waals surface area (Å²) in [4.78, 5) is 16.2. The average Bonchev–Trinajstić information content (AvgIpc) is 3.51. The number of ketones is 1. The Morgan fingerprint density at radius 2 is 2.00 bits per heavy atom. The molecule has 3 aliphatic rings. The van der Waals surface area contributed by atoms with E-state index in [0.717, 1.165) is 38.8 Å². The zero-order chi connectivity index (χ0) is 20.9. The maximum atomic E-state index is 13.0. The van der Waals surface area contributed by atoms with E-state index < -0.39 is 0 Å². The Labute approximate surface area is 183 Å². The fraction of sp³-hybridized carbons (Fsp3) is 0.208. The Bertz CT molecular complexity index is 1230. The van der Waals surface area contributed by atoms with Crippen LogP contribution >= 0.6 is 11.3 Å². The summed E-state index contributed by atoms with van der Waals surface area (Å²) in [5, 5.41) is 1.98. The second-order valence-corrected chi connectivity index (χ2v) is 8.75. The van der Waals surface area contributed by atoms with E-state index in [1.165, 1.54) is 0 Å². The van der Waals surface area contributed by atoms with Gasteiger partial charge >= 0.3 is 0 Å². The highest BCUT2D eigenvalue weighted by molar-refractivity contribution is 7.10. The summed E-state index contributed by atoms with van der Waals surface area (Å²) < 4.78 is 22.9. The molecule has 0 saturated carbocycles. The molecule has 3 aromatic rings. The van der Waals surface area contributed by atoms with Gasteiger partial charge in [-0.15, -0.1) is 11.3 Å². The predicted octanol–water partition coefficient (Wildman–Crippen LogP) is 4.75. The minimum atomic E-state index is -0.0813. The Morgan fingerprint density at radius 1 is 1.10 bits per heavy atom. The Kier molecular flexibility index (Phi) is 4.26. The molecule has 4 heterocycles. The first-order chi connectivity index (χ1) is 15.2. The van der Waals surface area contributed by atoms with Crippen LogP contribution in [0.2, 0.25) is 0 Å². The molecule has 7 heteroatoms. The summed E-state index contributed by atoms with van der Waals surface area (Å²) in [5.74, 6) is 3.25.